The van der Waals surface area contributed by atoms with Crippen LogP contribution in [0.4, 0.5) is 0 Å². The molecule has 0 unspecified atom stereocenters. The van der Waals surface area contributed by atoms with Crippen LogP contribution in [-0.4, -0.2) is 11.1 Å². The Balaban J connectivity index is 2.05. The molecule has 0 radical (unpaired) electrons. The van der Waals surface area contributed by atoms with Gasteiger partial charge in [-0.05, 0) is 35.6 Å². The molecule has 1 N–H and O–H groups in total. The molecule has 120 valence electrons. The molecular formula is C20H22O3. The molecule has 0 saturated heterocycles. The molecule has 0 aromatic heterocycles. The van der Waals surface area contributed by atoms with Gasteiger partial charge in [-0.15, -0.1) is 0 Å². The number of hydrogen-bond acceptors (Lipinski definition) is 3. The topological polar surface area (TPSA) is 46.5 Å². The summed E-state index contributed by atoms with van der Waals surface area (Å²) in [4.78, 5) is 12.2. The minimum Gasteiger partial charge on any atom is -0.507 e. The van der Waals surface area contributed by atoms with Crippen molar-refractivity contribution in [3.8, 4) is 5.75 Å². The van der Waals surface area contributed by atoms with Crippen LogP contribution in [0.25, 0.3) is 6.08 Å². The van der Waals surface area contributed by atoms with Gasteiger partial charge in [0, 0.05) is 0 Å². The first-order valence-corrected chi connectivity index (χ1v) is 7.77. The predicted molar refractivity (Wildman–Crippen MR) is 92.2 cm³/mol. The highest BCUT2D eigenvalue weighted by molar-refractivity contribution is 5.93. The van der Waals surface area contributed by atoms with Crippen LogP contribution in [-0.2, 0) is 11.3 Å². The second-order valence-electron chi connectivity index (χ2n) is 5.87. The minimum atomic E-state index is -0.523. The molecule has 23 heavy (non-hydrogen) atoms. The van der Waals surface area contributed by atoms with Crippen molar-refractivity contribution in [1.82, 2.24) is 0 Å². The van der Waals surface area contributed by atoms with Crippen LogP contribution in [0.15, 0.2) is 54.6 Å². The van der Waals surface area contributed by atoms with E-state index in [1.165, 1.54) is 6.07 Å². The van der Waals surface area contributed by atoms with Gasteiger partial charge in [-0.2, -0.15) is 0 Å². The van der Waals surface area contributed by atoms with Crippen molar-refractivity contribution in [3.05, 3.63) is 71.3 Å². The third-order valence-corrected chi connectivity index (χ3v) is 3.37. The number of esters is 1. The monoisotopic (exact) mass is 310 g/mol. The van der Waals surface area contributed by atoms with E-state index in [1.54, 1.807) is 12.1 Å². The Morgan fingerprint density at radius 1 is 1.17 bits per heavy atom. The molecule has 0 saturated carbocycles. The average Bonchev–Trinajstić information content (AvgIpc) is 2.55. The molecule has 3 nitrogen and oxygen atoms in total. The van der Waals surface area contributed by atoms with Crippen molar-refractivity contribution >= 4 is 12.0 Å². The van der Waals surface area contributed by atoms with Crippen LogP contribution in [0.2, 0.25) is 0 Å². The Hall–Kier alpha value is -2.55. The molecule has 0 bridgehead atoms. The van der Waals surface area contributed by atoms with Crippen molar-refractivity contribution in [2.24, 2.45) is 5.92 Å². The zero-order chi connectivity index (χ0) is 16.7. The number of phenolic OH excluding ortho intramolecular Hbond substituents is 1. The number of phenols is 1. The van der Waals surface area contributed by atoms with Gasteiger partial charge in [0.1, 0.15) is 17.9 Å². The number of benzene rings is 2. The van der Waals surface area contributed by atoms with Gasteiger partial charge in [0.15, 0.2) is 0 Å². The fourth-order valence-electron chi connectivity index (χ4n) is 2.10. The first-order valence-electron chi connectivity index (χ1n) is 7.77. The van der Waals surface area contributed by atoms with Crippen molar-refractivity contribution < 1.29 is 14.6 Å². The number of carbonyl (C=O) groups is 1. The van der Waals surface area contributed by atoms with Gasteiger partial charge < -0.3 is 9.84 Å². The first kappa shape index (κ1) is 16.8. The first-order chi connectivity index (χ1) is 11.1. The van der Waals surface area contributed by atoms with Gasteiger partial charge in [-0.1, -0.05) is 62.4 Å². The average molecular weight is 310 g/mol. The van der Waals surface area contributed by atoms with Crippen LogP contribution in [0.3, 0.4) is 0 Å². The quantitative estimate of drug-likeness (QED) is 0.779. The highest BCUT2D eigenvalue weighted by Gasteiger charge is 2.13. The molecule has 0 aliphatic rings. The lowest BCUT2D eigenvalue weighted by Gasteiger charge is -2.07. The van der Waals surface area contributed by atoms with Gasteiger partial charge in [-0.3, -0.25) is 0 Å². The summed E-state index contributed by atoms with van der Waals surface area (Å²) in [6, 6.07) is 14.4. The fraction of sp³-hybridized carbons (Fsp3) is 0.250. The van der Waals surface area contributed by atoms with E-state index in [0.29, 0.717) is 5.92 Å². The van der Waals surface area contributed by atoms with E-state index in [0.717, 1.165) is 17.5 Å². The van der Waals surface area contributed by atoms with Crippen LogP contribution in [0.5, 0.6) is 5.75 Å². The van der Waals surface area contributed by atoms with Crippen molar-refractivity contribution in [2.75, 3.05) is 0 Å². The van der Waals surface area contributed by atoms with Crippen LogP contribution in [0.1, 0.15) is 41.8 Å². The lowest BCUT2D eigenvalue weighted by Crippen LogP contribution is -2.05. The summed E-state index contributed by atoms with van der Waals surface area (Å²) < 4.78 is 5.27. The number of aromatic hydroxyl groups is 1. The summed E-state index contributed by atoms with van der Waals surface area (Å²) >= 11 is 0. The number of hydrogen-bond donors (Lipinski definition) is 1. The van der Waals surface area contributed by atoms with E-state index < -0.39 is 5.97 Å². The largest absolute Gasteiger partial charge is 0.507 e. The van der Waals surface area contributed by atoms with Gasteiger partial charge >= 0.3 is 5.97 Å². The zero-order valence-electron chi connectivity index (χ0n) is 13.5. The lowest BCUT2D eigenvalue weighted by molar-refractivity contribution is 0.0469. The maximum Gasteiger partial charge on any atom is 0.342 e. The van der Waals surface area contributed by atoms with Crippen LogP contribution >= 0.6 is 0 Å². The van der Waals surface area contributed by atoms with Crippen LogP contribution < -0.4 is 0 Å². The molecule has 0 aliphatic carbocycles. The van der Waals surface area contributed by atoms with Gasteiger partial charge in [0.05, 0.1) is 0 Å². The third kappa shape index (κ3) is 5.29. The molecular weight excluding hydrogens is 288 g/mol. The summed E-state index contributed by atoms with van der Waals surface area (Å²) in [6.45, 7) is 4.48. The van der Waals surface area contributed by atoms with Gasteiger partial charge in [0.2, 0.25) is 0 Å². The number of carbonyl (C=O) groups excluding carboxylic acids is 1. The molecule has 2 aromatic carbocycles. The Morgan fingerprint density at radius 2 is 1.91 bits per heavy atom. The smallest absolute Gasteiger partial charge is 0.342 e. The molecule has 0 fully saturated rings. The molecule has 3 heteroatoms. The lowest BCUT2D eigenvalue weighted by atomic mass is 10.1. The number of allylic oxidation sites excluding steroid dienone is 1. The van der Waals surface area contributed by atoms with E-state index in [2.05, 4.69) is 19.9 Å². The Morgan fingerprint density at radius 3 is 2.61 bits per heavy atom. The third-order valence-electron chi connectivity index (χ3n) is 3.37. The SMILES string of the molecule is CC(C)CC=Cc1ccc(O)c(C(=O)OCc2ccccc2)c1. The molecule has 2 aromatic rings. The second-order valence-corrected chi connectivity index (χ2v) is 5.87. The molecule has 0 spiro atoms. The summed E-state index contributed by atoms with van der Waals surface area (Å²) in [7, 11) is 0. The van der Waals surface area contributed by atoms with Crippen LogP contribution in [0, 0.1) is 5.92 Å². The number of ether oxygens (including phenoxy) is 1. The van der Waals surface area contributed by atoms with E-state index >= 15 is 0 Å². The summed E-state index contributed by atoms with van der Waals surface area (Å²) in [5.41, 5.74) is 1.97. The summed E-state index contributed by atoms with van der Waals surface area (Å²) in [5, 5.41) is 9.89. The van der Waals surface area contributed by atoms with E-state index in [4.69, 9.17) is 4.74 Å². The Bertz CT molecular complexity index is 673. The second kappa shape index (κ2) is 8.18. The number of rotatable bonds is 6. The zero-order valence-corrected chi connectivity index (χ0v) is 13.5. The van der Waals surface area contributed by atoms with E-state index in [9.17, 15) is 9.90 Å². The van der Waals surface area contributed by atoms with E-state index in [1.807, 2.05) is 36.4 Å². The molecule has 0 aliphatic heterocycles. The van der Waals surface area contributed by atoms with Crippen molar-refractivity contribution in [2.45, 2.75) is 26.9 Å². The minimum absolute atomic E-state index is 0.0657. The fourth-order valence-corrected chi connectivity index (χ4v) is 2.10. The highest BCUT2D eigenvalue weighted by Crippen LogP contribution is 2.21. The van der Waals surface area contributed by atoms with E-state index in [-0.39, 0.29) is 17.9 Å². The summed E-state index contributed by atoms with van der Waals surface area (Å²) in [5.74, 6) is -0.00629. The molecule has 0 atom stereocenters. The van der Waals surface area contributed by atoms with Gasteiger partial charge in [0.25, 0.3) is 0 Å². The Kier molecular flexibility index (Phi) is 5.98. The molecule has 0 heterocycles. The normalized spacial score (nSPS) is 11.1. The standard InChI is InChI=1S/C20H22O3/c1-15(2)7-6-10-16-11-12-19(21)18(13-16)20(22)23-14-17-8-4-3-5-9-17/h3-6,8-13,15,21H,7,14H2,1-2H3. The highest BCUT2D eigenvalue weighted by atomic mass is 16.5. The maximum atomic E-state index is 12.2. The molecule has 0 amide bonds. The summed E-state index contributed by atoms with van der Waals surface area (Å²) in [6.07, 6.45) is 4.98. The van der Waals surface area contributed by atoms with Crippen molar-refractivity contribution in [1.29, 1.82) is 0 Å². The predicted octanol–water partition coefficient (Wildman–Crippen LogP) is 4.81. The Labute approximate surface area is 137 Å². The molecule has 2 rings (SSSR count). The maximum absolute atomic E-state index is 12.2. The van der Waals surface area contributed by atoms with Gasteiger partial charge in [-0.25, -0.2) is 4.79 Å². The van der Waals surface area contributed by atoms with Crippen molar-refractivity contribution in [3.63, 3.8) is 0 Å².